The van der Waals surface area contributed by atoms with Gasteiger partial charge in [0.05, 0.1) is 46.3 Å². The van der Waals surface area contributed by atoms with Crippen LogP contribution in [0, 0.1) is 6.92 Å². The summed E-state index contributed by atoms with van der Waals surface area (Å²) in [7, 11) is -3.35. The van der Waals surface area contributed by atoms with Crippen LogP contribution in [0.3, 0.4) is 0 Å². The number of sulfone groups is 1. The summed E-state index contributed by atoms with van der Waals surface area (Å²) in [5.74, 6) is 1.07. The van der Waals surface area contributed by atoms with E-state index >= 15 is 0 Å². The normalized spacial score (nSPS) is 26.9. The maximum Gasteiger partial charge on any atom is 0.240 e. The van der Waals surface area contributed by atoms with E-state index < -0.39 is 15.9 Å². The Morgan fingerprint density at radius 3 is 2.27 bits per heavy atom. The molecule has 11 rings (SSSR count). The van der Waals surface area contributed by atoms with Crippen molar-refractivity contribution >= 4 is 38.9 Å². The summed E-state index contributed by atoms with van der Waals surface area (Å²) in [5, 5.41) is 13.2. The highest BCUT2D eigenvalue weighted by Gasteiger charge is 2.46. The Bertz CT molecular complexity index is 2300. The third-order valence-electron chi connectivity index (χ3n) is 13.1. The lowest BCUT2D eigenvalue weighted by Gasteiger charge is -2.41. The van der Waals surface area contributed by atoms with Crippen molar-refractivity contribution in [3.8, 4) is 5.75 Å². The van der Waals surface area contributed by atoms with Gasteiger partial charge in [-0.25, -0.2) is 18.1 Å². The first-order chi connectivity index (χ1) is 28.9. The maximum atomic E-state index is 14.6. The van der Waals surface area contributed by atoms with Crippen LogP contribution < -0.4 is 10.1 Å². The van der Waals surface area contributed by atoms with Crippen LogP contribution in [0.4, 0.5) is 0 Å². The van der Waals surface area contributed by atoms with Crippen LogP contribution in [0.25, 0.3) is 0 Å². The lowest BCUT2D eigenvalue weighted by Crippen LogP contribution is -2.55. The summed E-state index contributed by atoms with van der Waals surface area (Å²) in [5.41, 5.74) is 2.40. The van der Waals surface area contributed by atoms with Gasteiger partial charge in [0, 0.05) is 74.9 Å². The summed E-state index contributed by atoms with van der Waals surface area (Å²) in [6.45, 7) is 6.36. The van der Waals surface area contributed by atoms with E-state index in [0.29, 0.717) is 65.3 Å². The molecule has 0 spiro atoms. The van der Waals surface area contributed by atoms with E-state index in [2.05, 4.69) is 25.4 Å². The largest absolute Gasteiger partial charge is 0.487 e. The van der Waals surface area contributed by atoms with Gasteiger partial charge < -0.3 is 19.9 Å². The van der Waals surface area contributed by atoms with Gasteiger partial charge in [0.15, 0.2) is 9.84 Å². The molecule has 0 unspecified atom stereocenters. The molecule has 4 fully saturated rings. The van der Waals surface area contributed by atoms with Gasteiger partial charge in [-0.05, 0) is 75.3 Å². The molecule has 7 aliphatic heterocycles. The Morgan fingerprint density at radius 2 is 1.55 bits per heavy atom. The smallest absolute Gasteiger partial charge is 0.240 e. The van der Waals surface area contributed by atoms with Gasteiger partial charge in [-0.15, -0.1) is 16.4 Å². The first-order valence-corrected chi connectivity index (χ1v) is 23.9. The first kappa shape index (κ1) is 40.7. The molecular formula is C43H53N9O6S2. The zero-order valence-corrected chi connectivity index (χ0v) is 35.8. The van der Waals surface area contributed by atoms with Crippen molar-refractivity contribution in [3.63, 3.8) is 0 Å². The number of hydrogen-bond acceptors (Lipinski definition) is 12. The topological polar surface area (TPSA) is 163 Å². The second kappa shape index (κ2) is 17.0. The summed E-state index contributed by atoms with van der Waals surface area (Å²) in [6, 6.07) is 15.5. The lowest BCUT2D eigenvalue weighted by molar-refractivity contribution is -0.141. The monoisotopic (exact) mass is 855 g/mol. The quantitative estimate of drug-likeness (QED) is 0.290. The van der Waals surface area contributed by atoms with Crippen molar-refractivity contribution in [1.29, 1.82) is 0 Å². The minimum absolute atomic E-state index is 0.0340. The van der Waals surface area contributed by atoms with E-state index in [0.717, 1.165) is 58.3 Å². The third-order valence-corrected chi connectivity index (χ3v) is 15.4. The number of aromatic nitrogens is 4. The van der Waals surface area contributed by atoms with Crippen LogP contribution in [0.5, 0.6) is 5.75 Å². The Labute approximate surface area is 355 Å². The fourth-order valence-electron chi connectivity index (χ4n) is 9.83. The lowest BCUT2D eigenvalue weighted by atomic mass is 9.96. The van der Waals surface area contributed by atoms with E-state index in [4.69, 9.17) is 9.72 Å². The molecule has 60 heavy (non-hydrogen) atoms. The number of carbonyl (C=O) groups is 3. The molecule has 2 aromatic carbocycles. The fraction of sp³-hybridized carbons (Fsp3) is 0.535. The molecule has 4 aromatic rings. The van der Waals surface area contributed by atoms with Gasteiger partial charge in [0.1, 0.15) is 18.1 Å². The van der Waals surface area contributed by atoms with Crippen molar-refractivity contribution < 1.29 is 27.5 Å². The van der Waals surface area contributed by atoms with Crippen LogP contribution in [0.15, 0.2) is 65.7 Å². The molecule has 17 heteroatoms. The van der Waals surface area contributed by atoms with Gasteiger partial charge in [-0.1, -0.05) is 35.5 Å². The fourth-order valence-corrected chi connectivity index (χ4v) is 11.6. The van der Waals surface area contributed by atoms with Crippen molar-refractivity contribution in [2.45, 2.75) is 106 Å². The number of nitrogens with zero attached hydrogens (tertiary/aromatic N) is 8. The van der Waals surface area contributed by atoms with Gasteiger partial charge in [-0.3, -0.25) is 24.2 Å². The second-order valence-electron chi connectivity index (χ2n) is 17.1. The van der Waals surface area contributed by atoms with E-state index in [9.17, 15) is 22.8 Å². The summed E-state index contributed by atoms with van der Waals surface area (Å²) in [4.78, 5) is 57.4. The first-order valence-electron chi connectivity index (χ1n) is 21.2. The van der Waals surface area contributed by atoms with Crippen molar-refractivity contribution in [2.24, 2.45) is 0 Å². The zero-order chi connectivity index (χ0) is 41.5. The number of rotatable bonds is 7. The Kier molecular flexibility index (Phi) is 11.5. The average Bonchev–Trinajstić information content (AvgIpc) is 4.06. The van der Waals surface area contributed by atoms with Crippen LogP contribution in [-0.4, -0.2) is 135 Å². The Balaban J connectivity index is 0.962. The molecule has 0 saturated carbocycles. The molecule has 1 N–H and O–H groups in total. The Morgan fingerprint density at radius 1 is 0.850 bits per heavy atom. The standard InChI is InChI=1S/C43H53N9O6S2/c1-28-37-22-40(53)44-31-20-38(50(24-31)23-29-8-10-36(11-9-29)60(2,56)57)42(54)49-18-14-33(15-19-49)51-26-34(52-25-32(46-47-52)27-58-35-6-4-3-5-7-35)21-39(51)43(55)48-16-12-30(13-17-48)41(45-37)59-28/h3-11,25,30-31,33-34,38-39H,12-24,26-27H2,1-2H3,(H,44,53)/t31-,34+,38+,39+/m1/s1. The number of ether oxygens (including phenoxy) is 1. The summed E-state index contributed by atoms with van der Waals surface area (Å²) in [6.07, 6.45) is 7.53. The molecule has 2 aromatic heterocycles. The highest BCUT2D eigenvalue weighted by Crippen LogP contribution is 2.37. The SMILES string of the molecule is Cc1sc2nc1CC(=O)N[C@@H]1C[C@@H](C(=O)N3CCC(CC3)N3C[C@@H](n4cc(COc5ccccc5)nn4)C[C@H]3C(=O)N3CCC2CC3)N(Cc2ccc(S(C)(=O)=O)cc2)C1. The number of amides is 3. The van der Waals surface area contributed by atoms with Crippen molar-refractivity contribution in [3.05, 3.63) is 87.6 Å². The highest BCUT2D eigenvalue weighted by atomic mass is 32.2. The number of aryl methyl sites for hydroxylation is 1. The molecule has 4 atom stereocenters. The molecular weight excluding hydrogens is 803 g/mol. The van der Waals surface area contributed by atoms with Crippen molar-refractivity contribution in [2.75, 3.05) is 45.5 Å². The molecule has 4 saturated heterocycles. The van der Waals surface area contributed by atoms with Gasteiger partial charge in [0.2, 0.25) is 17.7 Å². The predicted molar refractivity (Wildman–Crippen MR) is 224 cm³/mol. The molecule has 15 nitrogen and oxygen atoms in total. The number of fused-ring (bicyclic) bond motifs is 2. The van der Waals surface area contributed by atoms with Gasteiger partial charge >= 0.3 is 0 Å². The van der Waals surface area contributed by atoms with E-state index in [1.165, 1.54) is 6.26 Å². The number of benzene rings is 2. The van der Waals surface area contributed by atoms with Crippen LogP contribution in [0.2, 0.25) is 0 Å². The number of carbonyl (C=O) groups excluding carboxylic acids is 3. The van der Waals surface area contributed by atoms with Crippen molar-refractivity contribution in [1.82, 2.24) is 44.9 Å². The predicted octanol–water partition coefficient (Wildman–Crippen LogP) is 3.35. The highest BCUT2D eigenvalue weighted by molar-refractivity contribution is 7.90. The van der Waals surface area contributed by atoms with E-state index in [1.807, 2.05) is 57.9 Å². The minimum atomic E-state index is -3.35. The van der Waals surface area contributed by atoms with Crippen LogP contribution >= 0.6 is 11.3 Å². The summed E-state index contributed by atoms with van der Waals surface area (Å²) < 4.78 is 32.1. The molecule has 8 bridgehead atoms. The van der Waals surface area contributed by atoms with Gasteiger partial charge in [-0.2, -0.15) is 0 Å². The average molecular weight is 856 g/mol. The van der Waals surface area contributed by atoms with Crippen LogP contribution in [-0.2, 0) is 43.8 Å². The number of nitrogens with one attached hydrogen (secondary N) is 1. The number of likely N-dealkylation sites (tertiary alicyclic amines) is 1. The van der Waals surface area contributed by atoms with E-state index in [-0.39, 0.29) is 59.1 Å². The molecule has 3 amide bonds. The second-order valence-corrected chi connectivity index (χ2v) is 20.4. The number of para-hydroxylation sites is 1. The third kappa shape index (κ3) is 8.72. The summed E-state index contributed by atoms with van der Waals surface area (Å²) >= 11 is 1.65. The molecule has 318 valence electrons. The molecule has 7 aliphatic rings. The van der Waals surface area contributed by atoms with Gasteiger partial charge in [0.25, 0.3) is 0 Å². The van der Waals surface area contributed by atoms with E-state index in [1.54, 1.807) is 35.6 Å². The molecule has 9 heterocycles. The zero-order valence-electron chi connectivity index (χ0n) is 34.2. The minimum Gasteiger partial charge on any atom is -0.487 e. The number of thiazole rings is 1. The maximum absolute atomic E-state index is 14.6. The van der Waals surface area contributed by atoms with Crippen LogP contribution in [0.1, 0.15) is 77.3 Å². The Hall–Kier alpha value is -4.71. The number of piperidine rings is 2. The molecule has 0 radical (unpaired) electrons. The molecule has 0 aliphatic carbocycles. The number of hydrogen-bond donors (Lipinski definition) is 1.